The Morgan fingerprint density at radius 3 is 3.00 bits per heavy atom. The van der Waals surface area contributed by atoms with Gasteiger partial charge in [-0.3, -0.25) is 4.79 Å². The van der Waals surface area contributed by atoms with Crippen LogP contribution >= 0.6 is 34.5 Å². The maximum absolute atomic E-state index is 11.0. The van der Waals surface area contributed by atoms with E-state index in [0.717, 1.165) is 10.2 Å². The number of rotatable bonds is 2. The number of fused-ring (bicyclic) bond motifs is 1. The number of alkyl halides is 1. The van der Waals surface area contributed by atoms with Crippen molar-refractivity contribution in [2.75, 3.05) is 11.2 Å². The van der Waals surface area contributed by atoms with Gasteiger partial charge in [0.1, 0.15) is 5.88 Å². The first-order valence-corrected chi connectivity index (χ1v) is 5.84. The molecule has 78 valence electrons. The van der Waals surface area contributed by atoms with E-state index in [9.17, 15) is 4.79 Å². The van der Waals surface area contributed by atoms with Gasteiger partial charge in [-0.2, -0.15) is 0 Å². The normalized spacial score (nSPS) is 10.5. The molecule has 0 saturated carbocycles. The summed E-state index contributed by atoms with van der Waals surface area (Å²) in [6, 6.07) is 5.45. The van der Waals surface area contributed by atoms with Crippen molar-refractivity contribution in [1.82, 2.24) is 4.98 Å². The molecule has 0 aliphatic rings. The molecule has 0 saturated heterocycles. The number of aromatic nitrogens is 1. The zero-order chi connectivity index (χ0) is 10.8. The molecule has 1 aromatic heterocycles. The van der Waals surface area contributed by atoms with E-state index in [1.54, 1.807) is 6.07 Å². The van der Waals surface area contributed by atoms with Gasteiger partial charge < -0.3 is 5.32 Å². The summed E-state index contributed by atoms with van der Waals surface area (Å²) in [4.78, 5) is 15.2. The third kappa shape index (κ3) is 2.22. The molecule has 15 heavy (non-hydrogen) atoms. The predicted molar refractivity (Wildman–Crippen MR) is 64.0 cm³/mol. The summed E-state index contributed by atoms with van der Waals surface area (Å²) >= 11 is 12.7. The highest BCUT2D eigenvalue weighted by Crippen LogP contribution is 2.31. The molecular formula is C9H6Cl2N2OS. The highest BCUT2D eigenvalue weighted by Gasteiger charge is 2.08. The van der Waals surface area contributed by atoms with Crippen LogP contribution < -0.4 is 5.32 Å². The number of carbonyl (C=O) groups is 1. The highest BCUT2D eigenvalue weighted by atomic mass is 35.5. The molecule has 2 rings (SSSR count). The van der Waals surface area contributed by atoms with E-state index in [1.165, 1.54) is 11.3 Å². The van der Waals surface area contributed by atoms with Gasteiger partial charge in [0.2, 0.25) is 5.91 Å². The van der Waals surface area contributed by atoms with Gasteiger partial charge in [-0.25, -0.2) is 4.98 Å². The van der Waals surface area contributed by atoms with Crippen LogP contribution in [0.2, 0.25) is 5.02 Å². The van der Waals surface area contributed by atoms with Crippen molar-refractivity contribution in [3.63, 3.8) is 0 Å². The number of anilines is 1. The van der Waals surface area contributed by atoms with Crippen molar-refractivity contribution in [2.24, 2.45) is 0 Å². The fraction of sp³-hybridized carbons (Fsp3) is 0.111. The Labute approximate surface area is 100 Å². The predicted octanol–water partition coefficient (Wildman–Crippen LogP) is 3.13. The minimum absolute atomic E-state index is 0.0797. The minimum atomic E-state index is -0.271. The molecule has 1 aromatic carbocycles. The lowest BCUT2D eigenvalue weighted by Crippen LogP contribution is -2.11. The molecule has 0 spiro atoms. The summed E-state index contributed by atoms with van der Waals surface area (Å²) in [5, 5.41) is 3.74. The summed E-state index contributed by atoms with van der Waals surface area (Å²) < 4.78 is 0.865. The Morgan fingerprint density at radius 1 is 1.53 bits per heavy atom. The largest absolute Gasteiger partial charge is 0.301 e. The molecule has 1 N–H and O–H groups in total. The van der Waals surface area contributed by atoms with Crippen LogP contribution in [0.5, 0.6) is 0 Å². The zero-order valence-corrected chi connectivity index (χ0v) is 9.79. The average molecular weight is 261 g/mol. The Balaban J connectivity index is 2.39. The van der Waals surface area contributed by atoms with Crippen LogP contribution in [0.15, 0.2) is 18.2 Å². The Morgan fingerprint density at radius 2 is 2.33 bits per heavy atom. The van der Waals surface area contributed by atoms with Gasteiger partial charge in [0.05, 0.1) is 15.2 Å². The Kier molecular flexibility index (Phi) is 3.09. The summed E-state index contributed by atoms with van der Waals surface area (Å²) in [5.74, 6) is -0.351. The van der Waals surface area contributed by atoms with Gasteiger partial charge in [0.15, 0.2) is 5.13 Å². The first kappa shape index (κ1) is 10.7. The number of carbonyl (C=O) groups excluding carboxylic acids is 1. The molecule has 0 fully saturated rings. The van der Waals surface area contributed by atoms with Gasteiger partial charge in [0.25, 0.3) is 0 Å². The topological polar surface area (TPSA) is 42.0 Å². The number of nitrogens with one attached hydrogen (secondary N) is 1. The second-order valence-corrected chi connectivity index (χ2v) is 4.46. The summed E-state index contributed by atoms with van der Waals surface area (Å²) in [6.45, 7) is 0. The maximum Gasteiger partial charge on any atom is 0.241 e. The maximum atomic E-state index is 11.0. The molecule has 1 heterocycles. The van der Waals surface area contributed by atoms with Crippen LogP contribution in [0.1, 0.15) is 0 Å². The fourth-order valence-electron chi connectivity index (χ4n) is 1.12. The zero-order valence-electron chi connectivity index (χ0n) is 7.46. The SMILES string of the molecule is O=C(CCl)Nc1nc2cccc(Cl)c2s1. The first-order chi connectivity index (χ1) is 7.20. The Hall–Kier alpha value is -0.840. The quantitative estimate of drug-likeness (QED) is 0.844. The van der Waals surface area contributed by atoms with Gasteiger partial charge >= 0.3 is 0 Å². The number of thiazole rings is 1. The molecule has 0 atom stereocenters. The number of amides is 1. The van der Waals surface area contributed by atoms with Gasteiger partial charge in [0, 0.05) is 0 Å². The van der Waals surface area contributed by atoms with E-state index >= 15 is 0 Å². The van der Waals surface area contributed by atoms with Crippen LogP contribution in [0.25, 0.3) is 10.2 Å². The molecule has 0 aliphatic heterocycles. The van der Waals surface area contributed by atoms with Crippen LogP contribution in [0.4, 0.5) is 5.13 Å². The lowest BCUT2D eigenvalue weighted by Gasteiger charge is -1.94. The van der Waals surface area contributed by atoms with Gasteiger partial charge in [-0.1, -0.05) is 29.0 Å². The van der Waals surface area contributed by atoms with E-state index in [0.29, 0.717) is 10.2 Å². The van der Waals surface area contributed by atoms with Crippen molar-refractivity contribution in [3.8, 4) is 0 Å². The van der Waals surface area contributed by atoms with E-state index in [4.69, 9.17) is 23.2 Å². The third-order valence-corrected chi connectivity index (χ3v) is 3.42. The number of hydrogen-bond donors (Lipinski definition) is 1. The van der Waals surface area contributed by atoms with Gasteiger partial charge in [-0.15, -0.1) is 11.6 Å². The molecule has 3 nitrogen and oxygen atoms in total. The van der Waals surface area contributed by atoms with E-state index in [1.807, 2.05) is 12.1 Å². The summed E-state index contributed by atoms with van der Waals surface area (Å²) in [5.41, 5.74) is 0.775. The molecule has 0 radical (unpaired) electrons. The summed E-state index contributed by atoms with van der Waals surface area (Å²) in [6.07, 6.45) is 0. The van der Waals surface area contributed by atoms with Gasteiger partial charge in [-0.05, 0) is 12.1 Å². The fourth-order valence-corrected chi connectivity index (χ4v) is 2.36. The van der Waals surface area contributed by atoms with Crippen molar-refractivity contribution < 1.29 is 4.79 Å². The second-order valence-electron chi connectivity index (χ2n) is 2.79. The smallest absolute Gasteiger partial charge is 0.241 e. The van der Waals surface area contributed by atoms with Crippen LogP contribution in [0, 0.1) is 0 Å². The number of benzene rings is 1. The monoisotopic (exact) mass is 260 g/mol. The number of halogens is 2. The van der Waals surface area contributed by atoms with Crippen LogP contribution in [-0.2, 0) is 4.79 Å². The number of nitrogens with zero attached hydrogens (tertiary/aromatic N) is 1. The molecular weight excluding hydrogens is 255 g/mol. The molecule has 0 unspecified atom stereocenters. The first-order valence-electron chi connectivity index (χ1n) is 4.11. The van der Waals surface area contributed by atoms with Crippen molar-refractivity contribution in [1.29, 1.82) is 0 Å². The van der Waals surface area contributed by atoms with E-state index < -0.39 is 0 Å². The third-order valence-electron chi connectivity index (χ3n) is 1.73. The summed E-state index contributed by atoms with van der Waals surface area (Å²) in [7, 11) is 0. The number of hydrogen-bond acceptors (Lipinski definition) is 3. The standard InChI is InChI=1S/C9H6Cl2N2OS/c10-4-7(14)13-9-12-6-3-1-2-5(11)8(6)15-9/h1-3H,4H2,(H,12,13,14). The van der Waals surface area contributed by atoms with E-state index in [2.05, 4.69) is 10.3 Å². The Bertz CT molecular complexity index is 512. The average Bonchev–Trinajstić information content (AvgIpc) is 2.62. The lowest BCUT2D eigenvalue weighted by atomic mass is 10.3. The van der Waals surface area contributed by atoms with Crippen molar-refractivity contribution in [2.45, 2.75) is 0 Å². The van der Waals surface area contributed by atoms with Crippen molar-refractivity contribution >= 4 is 55.8 Å². The minimum Gasteiger partial charge on any atom is -0.301 e. The molecule has 0 aliphatic carbocycles. The van der Waals surface area contributed by atoms with Crippen LogP contribution in [-0.4, -0.2) is 16.8 Å². The van der Waals surface area contributed by atoms with Crippen LogP contribution in [0.3, 0.4) is 0 Å². The van der Waals surface area contributed by atoms with Crippen molar-refractivity contribution in [3.05, 3.63) is 23.2 Å². The molecule has 6 heteroatoms. The second kappa shape index (κ2) is 4.35. The highest BCUT2D eigenvalue weighted by molar-refractivity contribution is 7.23. The molecule has 0 bridgehead atoms. The molecule has 2 aromatic rings. The van der Waals surface area contributed by atoms with E-state index in [-0.39, 0.29) is 11.8 Å². The molecule has 1 amide bonds. The lowest BCUT2D eigenvalue weighted by molar-refractivity contribution is -0.113.